The molecule has 4 heteroatoms. The Morgan fingerprint density at radius 3 is 2.53 bits per heavy atom. The molecule has 1 atom stereocenters. The van der Waals surface area contributed by atoms with E-state index in [4.69, 9.17) is 28.3 Å². The summed E-state index contributed by atoms with van der Waals surface area (Å²) in [6, 6.07) is 5.14. The maximum atomic E-state index is 11.2. The van der Waals surface area contributed by atoms with Crippen molar-refractivity contribution >= 4 is 29.2 Å². The van der Waals surface area contributed by atoms with Gasteiger partial charge in [0.1, 0.15) is 0 Å². The number of carboxylic acid groups (broad SMARTS) is 1. The lowest BCUT2D eigenvalue weighted by Crippen LogP contribution is -2.18. The standard InChI is InChI=1S/C13H16Cl2O2/c1-8(2)5-10(13(16)17)6-9-7-11(14)3-4-12(9)15/h3-4,7-8,10H,5-6H2,1-2H3,(H,16,17). The molecular weight excluding hydrogens is 259 g/mol. The Bertz CT molecular complexity index is 402. The lowest BCUT2D eigenvalue weighted by atomic mass is 9.91. The molecule has 1 N–H and O–H groups in total. The van der Waals surface area contributed by atoms with Crippen molar-refractivity contribution in [3.05, 3.63) is 33.8 Å². The van der Waals surface area contributed by atoms with Crippen LogP contribution in [0.3, 0.4) is 0 Å². The average molecular weight is 275 g/mol. The van der Waals surface area contributed by atoms with Crippen molar-refractivity contribution in [1.82, 2.24) is 0 Å². The number of carbonyl (C=O) groups is 1. The maximum absolute atomic E-state index is 11.2. The van der Waals surface area contributed by atoms with Gasteiger partial charge in [0.2, 0.25) is 0 Å². The normalized spacial score (nSPS) is 12.8. The van der Waals surface area contributed by atoms with Gasteiger partial charge in [0.15, 0.2) is 0 Å². The molecule has 0 aliphatic heterocycles. The van der Waals surface area contributed by atoms with Gasteiger partial charge in [-0.1, -0.05) is 37.0 Å². The largest absolute Gasteiger partial charge is 0.481 e. The first-order valence-corrected chi connectivity index (χ1v) is 6.32. The molecule has 0 amide bonds. The molecule has 17 heavy (non-hydrogen) atoms. The molecule has 1 aromatic rings. The zero-order valence-corrected chi connectivity index (χ0v) is 11.4. The van der Waals surface area contributed by atoms with E-state index in [0.717, 1.165) is 5.56 Å². The van der Waals surface area contributed by atoms with Crippen LogP contribution in [0.5, 0.6) is 0 Å². The monoisotopic (exact) mass is 274 g/mol. The third-order valence-electron chi connectivity index (χ3n) is 2.58. The average Bonchev–Trinajstić information content (AvgIpc) is 2.21. The van der Waals surface area contributed by atoms with E-state index in [9.17, 15) is 4.79 Å². The van der Waals surface area contributed by atoms with Gasteiger partial charge in [-0.25, -0.2) is 0 Å². The van der Waals surface area contributed by atoms with Crippen LogP contribution in [-0.4, -0.2) is 11.1 Å². The van der Waals surface area contributed by atoms with Crippen LogP contribution in [0.15, 0.2) is 18.2 Å². The van der Waals surface area contributed by atoms with Crippen LogP contribution in [0.4, 0.5) is 0 Å². The molecule has 2 nitrogen and oxygen atoms in total. The van der Waals surface area contributed by atoms with Gasteiger partial charge in [-0.05, 0) is 42.5 Å². The first-order chi connectivity index (χ1) is 7.90. The van der Waals surface area contributed by atoms with Gasteiger partial charge in [0.25, 0.3) is 0 Å². The van der Waals surface area contributed by atoms with Crippen molar-refractivity contribution in [3.8, 4) is 0 Å². The Morgan fingerprint density at radius 1 is 1.35 bits per heavy atom. The second-order valence-corrected chi connectivity index (χ2v) is 5.45. The number of halogens is 2. The summed E-state index contributed by atoms with van der Waals surface area (Å²) >= 11 is 11.9. The first kappa shape index (κ1) is 14.3. The summed E-state index contributed by atoms with van der Waals surface area (Å²) in [6.45, 7) is 4.02. The van der Waals surface area contributed by atoms with E-state index in [0.29, 0.717) is 28.8 Å². The quantitative estimate of drug-likeness (QED) is 0.870. The Balaban J connectivity index is 2.85. The molecular formula is C13H16Cl2O2. The predicted octanol–water partition coefficient (Wildman–Crippen LogP) is 4.28. The fraction of sp³-hybridized carbons (Fsp3) is 0.462. The second kappa shape index (κ2) is 6.27. The van der Waals surface area contributed by atoms with Crippen LogP contribution >= 0.6 is 23.2 Å². The van der Waals surface area contributed by atoms with Gasteiger partial charge in [-0.2, -0.15) is 0 Å². The summed E-state index contributed by atoms with van der Waals surface area (Å²) in [5.74, 6) is -0.852. The molecule has 0 saturated carbocycles. The number of carboxylic acids is 1. The van der Waals surface area contributed by atoms with E-state index in [-0.39, 0.29) is 0 Å². The highest BCUT2D eigenvalue weighted by Gasteiger charge is 2.20. The van der Waals surface area contributed by atoms with Crippen LogP contribution in [0.1, 0.15) is 25.8 Å². The molecule has 0 bridgehead atoms. The van der Waals surface area contributed by atoms with Crippen molar-refractivity contribution < 1.29 is 9.90 Å². The van der Waals surface area contributed by atoms with E-state index in [1.54, 1.807) is 18.2 Å². The molecule has 1 rings (SSSR count). The molecule has 1 aromatic carbocycles. The Hall–Kier alpha value is -0.730. The summed E-state index contributed by atoms with van der Waals surface area (Å²) in [5.41, 5.74) is 0.798. The third kappa shape index (κ3) is 4.57. The number of hydrogen-bond acceptors (Lipinski definition) is 1. The van der Waals surface area contributed by atoms with E-state index in [1.807, 2.05) is 13.8 Å². The van der Waals surface area contributed by atoms with Gasteiger partial charge in [0.05, 0.1) is 5.92 Å². The number of hydrogen-bond donors (Lipinski definition) is 1. The first-order valence-electron chi connectivity index (χ1n) is 5.57. The van der Waals surface area contributed by atoms with Crippen molar-refractivity contribution in [2.75, 3.05) is 0 Å². The smallest absolute Gasteiger partial charge is 0.306 e. The van der Waals surface area contributed by atoms with Crippen molar-refractivity contribution in [1.29, 1.82) is 0 Å². The van der Waals surface area contributed by atoms with Crippen LogP contribution in [0, 0.1) is 11.8 Å². The number of rotatable bonds is 5. The van der Waals surface area contributed by atoms with Crippen molar-refractivity contribution in [3.63, 3.8) is 0 Å². The summed E-state index contributed by atoms with van der Waals surface area (Å²) in [6.07, 6.45) is 1.06. The molecule has 1 unspecified atom stereocenters. The minimum absolute atomic E-state index is 0.342. The molecule has 0 spiro atoms. The molecule has 0 fully saturated rings. The number of benzene rings is 1. The third-order valence-corrected chi connectivity index (χ3v) is 3.18. The fourth-order valence-electron chi connectivity index (χ4n) is 1.81. The van der Waals surface area contributed by atoms with Gasteiger partial charge < -0.3 is 5.11 Å². The van der Waals surface area contributed by atoms with E-state index in [1.165, 1.54) is 0 Å². The molecule has 0 radical (unpaired) electrons. The highest BCUT2D eigenvalue weighted by atomic mass is 35.5. The van der Waals surface area contributed by atoms with Crippen LogP contribution in [0.2, 0.25) is 10.0 Å². The molecule has 0 aromatic heterocycles. The van der Waals surface area contributed by atoms with E-state index >= 15 is 0 Å². The van der Waals surface area contributed by atoms with Crippen LogP contribution in [0.25, 0.3) is 0 Å². The Morgan fingerprint density at radius 2 is 2.00 bits per heavy atom. The maximum Gasteiger partial charge on any atom is 0.306 e. The van der Waals surface area contributed by atoms with Gasteiger partial charge in [-0.3, -0.25) is 4.79 Å². The zero-order valence-electron chi connectivity index (χ0n) is 9.91. The highest BCUT2D eigenvalue weighted by Crippen LogP contribution is 2.25. The predicted molar refractivity (Wildman–Crippen MR) is 70.7 cm³/mol. The van der Waals surface area contributed by atoms with Crippen LogP contribution in [-0.2, 0) is 11.2 Å². The zero-order chi connectivity index (χ0) is 13.0. The fourth-order valence-corrected chi connectivity index (χ4v) is 2.20. The Labute approximate surface area is 112 Å². The molecule has 0 aliphatic carbocycles. The van der Waals surface area contributed by atoms with E-state index < -0.39 is 11.9 Å². The summed E-state index contributed by atoms with van der Waals surface area (Å²) in [5, 5.41) is 10.3. The van der Waals surface area contributed by atoms with Crippen molar-refractivity contribution in [2.24, 2.45) is 11.8 Å². The lowest BCUT2D eigenvalue weighted by Gasteiger charge is -2.15. The minimum atomic E-state index is -0.783. The molecule has 0 saturated heterocycles. The molecule has 0 aliphatic rings. The number of aliphatic carboxylic acids is 1. The lowest BCUT2D eigenvalue weighted by molar-refractivity contribution is -0.142. The second-order valence-electron chi connectivity index (χ2n) is 4.60. The topological polar surface area (TPSA) is 37.3 Å². The van der Waals surface area contributed by atoms with Crippen molar-refractivity contribution in [2.45, 2.75) is 26.7 Å². The summed E-state index contributed by atoms with van der Waals surface area (Å²) in [7, 11) is 0. The summed E-state index contributed by atoms with van der Waals surface area (Å²) in [4.78, 5) is 11.2. The SMILES string of the molecule is CC(C)CC(Cc1cc(Cl)ccc1Cl)C(=O)O. The minimum Gasteiger partial charge on any atom is -0.481 e. The summed E-state index contributed by atoms with van der Waals surface area (Å²) < 4.78 is 0. The van der Waals surface area contributed by atoms with E-state index in [2.05, 4.69) is 0 Å². The van der Waals surface area contributed by atoms with Crippen LogP contribution < -0.4 is 0 Å². The molecule has 94 valence electrons. The van der Waals surface area contributed by atoms with Gasteiger partial charge in [-0.15, -0.1) is 0 Å². The Kier molecular flexibility index (Phi) is 5.29. The van der Waals surface area contributed by atoms with Gasteiger partial charge >= 0.3 is 5.97 Å². The highest BCUT2D eigenvalue weighted by molar-refractivity contribution is 6.33. The van der Waals surface area contributed by atoms with Gasteiger partial charge in [0, 0.05) is 10.0 Å². The molecule has 0 heterocycles.